The minimum absolute atomic E-state index is 0.494. The van der Waals surface area contributed by atoms with Crippen LogP contribution in [0.4, 0.5) is 0 Å². The van der Waals surface area contributed by atoms with E-state index >= 15 is 0 Å². The second-order valence-electron chi connectivity index (χ2n) is 6.39. The Labute approximate surface area is 171 Å². The molecule has 0 radical (unpaired) electrons. The standard InChI is InChI=1S/C20H30N4OS2/c1-6-21-20(23-12-19-24-15(3)16(4)27-19)22-11-14(2)13-26-18-10-8-7-9-17(18)25-5/h7-10,14H,6,11-13H2,1-5H3,(H2,21,22,23). The number of nitrogens with one attached hydrogen (secondary N) is 2. The predicted octanol–water partition coefficient (Wildman–Crippen LogP) is 4.25. The van der Waals surface area contributed by atoms with Crippen molar-refractivity contribution < 1.29 is 4.74 Å². The van der Waals surface area contributed by atoms with Crippen molar-refractivity contribution in [3.05, 3.63) is 39.8 Å². The minimum atomic E-state index is 0.494. The van der Waals surface area contributed by atoms with E-state index < -0.39 is 0 Å². The van der Waals surface area contributed by atoms with E-state index in [1.165, 1.54) is 9.77 Å². The van der Waals surface area contributed by atoms with E-state index in [0.717, 1.165) is 41.3 Å². The molecule has 0 aliphatic carbocycles. The number of guanidine groups is 1. The number of hydrogen-bond acceptors (Lipinski definition) is 5. The van der Waals surface area contributed by atoms with Gasteiger partial charge in [0.1, 0.15) is 10.8 Å². The Balaban J connectivity index is 1.84. The molecule has 0 bridgehead atoms. The number of aryl methyl sites for hydroxylation is 2. The van der Waals surface area contributed by atoms with Gasteiger partial charge in [-0.3, -0.25) is 0 Å². The number of thioether (sulfide) groups is 1. The molecule has 0 saturated carbocycles. The lowest BCUT2D eigenvalue weighted by Crippen LogP contribution is -2.39. The number of ether oxygens (including phenoxy) is 1. The molecule has 7 heteroatoms. The Hall–Kier alpha value is -1.73. The van der Waals surface area contributed by atoms with Gasteiger partial charge in [-0.1, -0.05) is 19.1 Å². The highest BCUT2D eigenvalue weighted by Gasteiger charge is 2.08. The summed E-state index contributed by atoms with van der Waals surface area (Å²) >= 11 is 3.54. The van der Waals surface area contributed by atoms with Crippen molar-refractivity contribution in [1.29, 1.82) is 0 Å². The molecule has 0 spiro atoms. The van der Waals surface area contributed by atoms with Crippen molar-refractivity contribution in [2.45, 2.75) is 39.1 Å². The smallest absolute Gasteiger partial charge is 0.191 e. The summed E-state index contributed by atoms with van der Waals surface area (Å²) in [5.74, 6) is 3.29. The summed E-state index contributed by atoms with van der Waals surface area (Å²) in [5, 5.41) is 7.82. The third-order valence-corrected chi connectivity index (χ3v) is 6.44. The highest BCUT2D eigenvalue weighted by Crippen LogP contribution is 2.29. The number of aromatic nitrogens is 1. The van der Waals surface area contributed by atoms with Crippen LogP contribution >= 0.6 is 23.1 Å². The molecular weight excluding hydrogens is 376 g/mol. The van der Waals surface area contributed by atoms with Crippen molar-refractivity contribution in [1.82, 2.24) is 15.6 Å². The lowest BCUT2D eigenvalue weighted by atomic mass is 10.2. The van der Waals surface area contributed by atoms with E-state index in [9.17, 15) is 0 Å². The maximum atomic E-state index is 5.42. The van der Waals surface area contributed by atoms with Crippen LogP contribution < -0.4 is 15.4 Å². The third-order valence-electron chi connectivity index (χ3n) is 4.00. The normalized spacial score (nSPS) is 12.7. The third kappa shape index (κ3) is 7.07. The summed E-state index contributed by atoms with van der Waals surface area (Å²) in [4.78, 5) is 11.7. The first kappa shape index (κ1) is 21.6. The lowest BCUT2D eigenvalue weighted by Gasteiger charge is -2.16. The predicted molar refractivity (Wildman–Crippen MR) is 117 cm³/mol. The SMILES string of the molecule is CCNC(=NCc1nc(C)c(C)s1)NCC(C)CSc1ccccc1OC. The number of thiazole rings is 1. The van der Waals surface area contributed by atoms with Crippen LogP contribution in [-0.2, 0) is 6.54 Å². The van der Waals surface area contributed by atoms with Gasteiger partial charge in [-0.15, -0.1) is 23.1 Å². The highest BCUT2D eigenvalue weighted by atomic mass is 32.2. The Morgan fingerprint density at radius 1 is 1.30 bits per heavy atom. The van der Waals surface area contributed by atoms with Gasteiger partial charge in [0, 0.05) is 28.6 Å². The first-order chi connectivity index (χ1) is 13.0. The molecular formula is C20H30N4OS2. The highest BCUT2D eigenvalue weighted by molar-refractivity contribution is 7.99. The van der Waals surface area contributed by atoms with Crippen LogP contribution in [0.3, 0.4) is 0 Å². The molecule has 1 aromatic carbocycles. The second kappa shape index (κ2) is 11.2. The molecule has 2 N–H and O–H groups in total. The van der Waals surface area contributed by atoms with E-state index in [-0.39, 0.29) is 0 Å². The van der Waals surface area contributed by atoms with E-state index in [1.807, 2.05) is 36.9 Å². The summed E-state index contributed by atoms with van der Waals surface area (Å²) < 4.78 is 5.42. The number of rotatable bonds is 9. The number of nitrogens with zero attached hydrogens (tertiary/aromatic N) is 2. The van der Waals surface area contributed by atoms with Gasteiger partial charge in [-0.25, -0.2) is 9.98 Å². The number of methoxy groups -OCH3 is 1. The van der Waals surface area contributed by atoms with E-state index in [0.29, 0.717) is 12.5 Å². The molecule has 148 valence electrons. The molecule has 2 rings (SSSR count). The zero-order chi connectivity index (χ0) is 19.6. The average molecular weight is 407 g/mol. The molecule has 1 heterocycles. The first-order valence-electron chi connectivity index (χ1n) is 9.24. The summed E-state index contributed by atoms with van der Waals surface area (Å²) in [5.41, 5.74) is 1.10. The molecule has 0 amide bonds. The van der Waals surface area contributed by atoms with E-state index in [4.69, 9.17) is 4.74 Å². The first-order valence-corrected chi connectivity index (χ1v) is 11.0. The van der Waals surface area contributed by atoms with Gasteiger partial charge in [0.15, 0.2) is 5.96 Å². The van der Waals surface area contributed by atoms with Crippen molar-refractivity contribution in [3.63, 3.8) is 0 Å². The Morgan fingerprint density at radius 3 is 2.74 bits per heavy atom. The molecule has 5 nitrogen and oxygen atoms in total. The van der Waals surface area contributed by atoms with Gasteiger partial charge in [-0.2, -0.15) is 0 Å². The number of hydrogen-bond donors (Lipinski definition) is 2. The van der Waals surface area contributed by atoms with E-state index in [2.05, 4.69) is 47.4 Å². The maximum Gasteiger partial charge on any atom is 0.191 e. The molecule has 1 atom stereocenters. The Morgan fingerprint density at radius 2 is 2.07 bits per heavy atom. The van der Waals surface area contributed by atoms with Crippen LogP contribution in [0.15, 0.2) is 34.2 Å². The van der Waals surface area contributed by atoms with Gasteiger partial charge in [0.2, 0.25) is 0 Å². The second-order valence-corrected chi connectivity index (χ2v) is 8.74. The van der Waals surface area contributed by atoms with Crippen LogP contribution in [0.2, 0.25) is 0 Å². The number of benzene rings is 1. The van der Waals surface area contributed by atoms with Crippen LogP contribution in [-0.4, -0.2) is 36.9 Å². The molecule has 1 aromatic heterocycles. The monoisotopic (exact) mass is 406 g/mol. The lowest BCUT2D eigenvalue weighted by molar-refractivity contribution is 0.405. The summed E-state index contributed by atoms with van der Waals surface area (Å²) in [6.07, 6.45) is 0. The average Bonchev–Trinajstić information content (AvgIpc) is 3.00. The van der Waals surface area contributed by atoms with Gasteiger partial charge >= 0.3 is 0 Å². The van der Waals surface area contributed by atoms with Crippen molar-refractivity contribution >= 4 is 29.1 Å². The zero-order valence-electron chi connectivity index (χ0n) is 16.8. The molecule has 2 aromatic rings. The largest absolute Gasteiger partial charge is 0.496 e. The van der Waals surface area contributed by atoms with Gasteiger partial charge in [0.25, 0.3) is 0 Å². The fraction of sp³-hybridized carbons (Fsp3) is 0.500. The number of para-hydroxylation sites is 1. The van der Waals surface area contributed by atoms with Crippen molar-refractivity contribution in [3.8, 4) is 5.75 Å². The minimum Gasteiger partial charge on any atom is -0.496 e. The Bertz CT molecular complexity index is 726. The Kier molecular flexibility index (Phi) is 8.94. The quantitative estimate of drug-likeness (QED) is 0.370. The van der Waals surface area contributed by atoms with Crippen LogP contribution in [0.1, 0.15) is 29.4 Å². The molecule has 1 unspecified atom stereocenters. The molecule has 0 saturated heterocycles. The van der Waals surface area contributed by atoms with Crippen LogP contribution in [0.5, 0.6) is 5.75 Å². The maximum absolute atomic E-state index is 5.42. The molecule has 27 heavy (non-hydrogen) atoms. The van der Waals surface area contributed by atoms with E-state index in [1.54, 1.807) is 18.4 Å². The van der Waals surface area contributed by atoms with Crippen LogP contribution in [0.25, 0.3) is 0 Å². The summed E-state index contributed by atoms with van der Waals surface area (Å²) in [6.45, 7) is 10.8. The molecule has 0 fully saturated rings. The summed E-state index contributed by atoms with van der Waals surface area (Å²) in [7, 11) is 1.72. The van der Waals surface area contributed by atoms with Gasteiger partial charge in [-0.05, 0) is 38.8 Å². The fourth-order valence-corrected chi connectivity index (χ4v) is 4.30. The van der Waals surface area contributed by atoms with Crippen molar-refractivity contribution in [2.75, 3.05) is 26.0 Å². The molecule has 0 aliphatic rings. The fourth-order valence-electron chi connectivity index (χ4n) is 2.40. The van der Waals surface area contributed by atoms with Gasteiger partial charge < -0.3 is 15.4 Å². The van der Waals surface area contributed by atoms with Crippen LogP contribution in [0, 0.1) is 19.8 Å². The van der Waals surface area contributed by atoms with Crippen molar-refractivity contribution in [2.24, 2.45) is 10.9 Å². The number of aliphatic imine (C=N–C) groups is 1. The molecule has 0 aliphatic heterocycles. The summed E-state index contributed by atoms with van der Waals surface area (Å²) in [6, 6.07) is 8.15. The topological polar surface area (TPSA) is 58.5 Å². The van der Waals surface area contributed by atoms with Gasteiger partial charge in [0.05, 0.1) is 19.3 Å². The zero-order valence-corrected chi connectivity index (χ0v) is 18.5.